The fourth-order valence-electron chi connectivity index (χ4n) is 2.18. The van der Waals surface area contributed by atoms with Crippen LogP contribution in [0.2, 0.25) is 0 Å². The molecule has 0 bridgehead atoms. The molecule has 2 aromatic carbocycles. The molecule has 0 aliphatic heterocycles. The van der Waals surface area contributed by atoms with Crippen LogP contribution in [0.25, 0.3) is 0 Å². The predicted octanol–water partition coefficient (Wildman–Crippen LogP) is 3.40. The van der Waals surface area contributed by atoms with Gasteiger partial charge in [0.2, 0.25) is 0 Å². The van der Waals surface area contributed by atoms with Crippen LogP contribution in [0, 0.1) is 0 Å². The first-order chi connectivity index (χ1) is 11.0. The molecule has 0 amide bonds. The van der Waals surface area contributed by atoms with E-state index in [9.17, 15) is 0 Å². The van der Waals surface area contributed by atoms with Crippen LogP contribution in [0.1, 0.15) is 32.8 Å². The van der Waals surface area contributed by atoms with Gasteiger partial charge in [-0.25, -0.2) is 0 Å². The highest BCUT2D eigenvalue weighted by Crippen LogP contribution is 2.18. The Morgan fingerprint density at radius 2 is 1.43 bits per heavy atom. The monoisotopic (exact) mass is 314 g/mol. The largest absolute Gasteiger partial charge is 0.493 e. The standard InChI is InChI=1S/C20H27NO2/c1-20(2,3)21-14-7-15-22-18-10-12-19(13-11-18)23-16-17-8-5-4-6-9-17/h4-6,8-13,21H,7,14-16H2,1-3H3/p+1. The van der Waals surface area contributed by atoms with Crippen molar-refractivity contribution in [1.82, 2.24) is 0 Å². The molecular weight excluding hydrogens is 286 g/mol. The van der Waals surface area contributed by atoms with Crippen LogP contribution in [0.4, 0.5) is 0 Å². The van der Waals surface area contributed by atoms with Gasteiger partial charge in [-0.2, -0.15) is 0 Å². The number of nitrogens with two attached hydrogens (primary N) is 1. The molecule has 0 aromatic heterocycles. The highest BCUT2D eigenvalue weighted by molar-refractivity contribution is 5.31. The Labute approximate surface area is 139 Å². The van der Waals surface area contributed by atoms with Gasteiger partial charge in [-0.3, -0.25) is 0 Å². The van der Waals surface area contributed by atoms with E-state index in [4.69, 9.17) is 9.47 Å². The number of ether oxygens (including phenoxy) is 2. The summed E-state index contributed by atoms with van der Waals surface area (Å²) in [5, 5.41) is 2.34. The van der Waals surface area contributed by atoms with E-state index in [-0.39, 0.29) is 5.54 Å². The lowest BCUT2D eigenvalue weighted by molar-refractivity contribution is -0.717. The molecule has 0 aliphatic carbocycles. The van der Waals surface area contributed by atoms with Crippen molar-refractivity contribution in [3.05, 3.63) is 60.2 Å². The molecule has 0 spiro atoms. The molecule has 0 saturated carbocycles. The van der Waals surface area contributed by atoms with Crippen molar-refractivity contribution in [2.24, 2.45) is 0 Å². The maximum Gasteiger partial charge on any atom is 0.120 e. The Bertz CT molecular complexity index is 558. The van der Waals surface area contributed by atoms with Crippen molar-refractivity contribution in [2.75, 3.05) is 13.2 Å². The third-order valence-corrected chi connectivity index (χ3v) is 3.45. The zero-order valence-corrected chi connectivity index (χ0v) is 14.4. The zero-order valence-electron chi connectivity index (χ0n) is 14.4. The molecule has 2 N–H and O–H groups in total. The van der Waals surface area contributed by atoms with Crippen LogP contribution >= 0.6 is 0 Å². The van der Waals surface area contributed by atoms with Crippen molar-refractivity contribution < 1.29 is 14.8 Å². The smallest absolute Gasteiger partial charge is 0.120 e. The molecule has 124 valence electrons. The van der Waals surface area contributed by atoms with Gasteiger partial charge in [0.05, 0.1) is 18.7 Å². The summed E-state index contributed by atoms with van der Waals surface area (Å²) in [7, 11) is 0. The first-order valence-electron chi connectivity index (χ1n) is 8.27. The van der Waals surface area contributed by atoms with Gasteiger partial charge in [0, 0.05) is 6.42 Å². The van der Waals surface area contributed by atoms with Gasteiger partial charge in [-0.15, -0.1) is 0 Å². The maximum atomic E-state index is 5.77. The molecule has 0 radical (unpaired) electrons. The topological polar surface area (TPSA) is 35.1 Å². The van der Waals surface area contributed by atoms with E-state index < -0.39 is 0 Å². The van der Waals surface area contributed by atoms with Crippen molar-refractivity contribution in [1.29, 1.82) is 0 Å². The van der Waals surface area contributed by atoms with E-state index in [1.54, 1.807) is 0 Å². The highest BCUT2D eigenvalue weighted by atomic mass is 16.5. The van der Waals surface area contributed by atoms with Crippen molar-refractivity contribution >= 4 is 0 Å². The van der Waals surface area contributed by atoms with Gasteiger partial charge in [0.15, 0.2) is 0 Å². The van der Waals surface area contributed by atoms with Gasteiger partial charge in [-0.05, 0) is 50.6 Å². The van der Waals surface area contributed by atoms with Crippen LogP contribution in [-0.2, 0) is 6.61 Å². The van der Waals surface area contributed by atoms with Gasteiger partial charge >= 0.3 is 0 Å². The summed E-state index contributed by atoms with van der Waals surface area (Å²) in [5.41, 5.74) is 1.46. The average Bonchev–Trinajstić information content (AvgIpc) is 2.54. The molecule has 23 heavy (non-hydrogen) atoms. The van der Waals surface area contributed by atoms with Crippen LogP contribution < -0.4 is 14.8 Å². The summed E-state index contributed by atoms with van der Waals surface area (Å²) in [6.45, 7) is 9.09. The fourth-order valence-corrected chi connectivity index (χ4v) is 2.18. The van der Waals surface area contributed by atoms with E-state index in [2.05, 4.69) is 38.2 Å². The van der Waals surface area contributed by atoms with Crippen LogP contribution in [0.15, 0.2) is 54.6 Å². The van der Waals surface area contributed by atoms with Gasteiger partial charge < -0.3 is 14.8 Å². The molecule has 0 unspecified atom stereocenters. The summed E-state index contributed by atoms with van der Waals surface area (Å²) >= 11 is 0. The molecule has 3 heteroatoms. The lowest BCUT2D eigenvalue weighted by Gasteiger charge is -2.16. The number of rotatable bonds is 8. The Kier molecular flexibility index (Phi) is 6.48. The minimum absolute atomic E-state index is 0.289. The van der Waals surface area contributed by atoms with Crippen molar-refractivity contribution in [3.63, 3.8) is 0 Å². The minimum atomic E-state index is 0.289. The first-order valence-corrected chi connectivity index (χ1v) is 8.27. The van der Waals surface area contributed by atoms with Crippen molar-refractivity contribution in [2.45, 2.75) is 39.3 Å². The van der Waals surface area contributed by atoms with Gasteiger partial charge in [0.25, 0.3) is 0 Å². The minimum Gasteiger partial charge on any atom is -0.493 e. The fraction of sp³-hybridized carbons (Fsp3) is 0.400. The third-order valence-electron chi connectivity index (χ3n) is 3.45. The van der Waals surface area contributed by atoms with E-state index in [1.807, 2.05) is 42.5 Å². The van der Waals surface area contributed by atoms with Crippen molar-refractivity contribution in [3.8, 4) is 11.5 Å². The molecule has 0 heterocycles. The van der Waals surface area contributed by atoms with Crippen LogP contribution in [0.3, 0.4) is 0 Å². The number of hydrogen-bond acceptors (Lipinski definition) is 2. The molecule has 0 aliphatic rings. The molecule has 0 atom stereocenters. The average molecular weight is 314 g/mol. The Hall–Kier alpha value is -2.00. The molecule has 0 fully saturated rings. The lowest BCUT2D eigenvalue weighted by Crippen LogP contribution is -2.94. The summed E-state index contributed by atoms with van der Waals surface area (Å²) < 4.78 is 11.5. The van der Waals surface area contributed by atoms with Gasteiger partial charge in [0.1, 0.15) is 18.1 Å². The first kappa shape index (κ1) is 17.4. The third kappa shape index (κ3) is 7.20. The second-order valence-corrected chi connectivity index (χ2v) is 6.81. The Morgan fingerprint density at radius 1 is 0.826 bits per heavy atom. The summed E-state index contributed by atoms with van der Waals surface area (Å²) in [5.74, 6) is 1.76. The number of hydrogen-bond donors (Lipinski definition) is 1. The summed E-state index contributed by atoms with van der Waals surface area (Å²) in [6, 6.07) is 18.0. The molecular formula is C20H28NO2+. The predicted molar refractivity (Wildman–Crippen MR) is 93.9 cm³/mol. The molecule has 3 nitrogen and oxygen atoms in total. The second kappa shape index (κ2) is 8.59. The van der Waals surface area contributed by atoms with Crippen LogP contribution in [0.5, 0.6) is 11.5 Å². The van der Waals surface area contributed by atoms with Crippen LogP contribution in [-0.4, -0.2) is 18.7 Å². The van der Waals surface area contributed by atoms with Gasteiger partial charge in [-0.1, -0.05) is 30.3 Å². The number of quaternary nitrogens is 1. The summed E-state index contributed by atoms with van der Waals surface area (Å²) in [4.78, 5) is 0. The number of benzene rings is 2. The normalized spacial score (nSPS) is 11.3. The molecule has 2 rings (SSSR count). The maximum absolute atomic E-state index is 5.77. The Balaban J connectivity index is 1.68. The highest BCUT2D eigenvalue weighted by Gasteiger charge is 2.11. The lowest BCUT2D eigenvalue weighted by atomic mass is 10.1. The van der Waals surface area contributed by atoms with E-state index >= 15 is 0 Å². The van der Waals surface area contributed by atoms with E-state index in [0.717, 1.165) is 31.1 Å². The quantitative estimate of drug-likeness (QED) is 0.758. The second-order valence-electron chi connectivity index (χ2n) is 6.81. The van der Waals surface area contributed by atoms with E-state index in [1.165, 1.54) is 5.56 Å². The summed E-state index contributed by atoms with van der Waals surface area (Å²) in [6.07, 6.45) is 1.05. The molecule has 2 aromatic rings. The molecule has 0 saturated heterocycles. The zero-order chi connectivity index (χ0) is 16.5. The Morgan fingerprint density at radius 3 is 2.04 bits per heavy atom. The van der Waals surface area contributed by atoms with E-state index in [0.29, 0.717) is 6.61 Å². The SMILES string of the molecule is CC(C)(C)[NH2+]CCCOc1ccc(OCc2ccccc2)cc1.